The van der Waals surface area contributed by atoms with Gasteiger partial charge < -0.3 is 25.0 Å². The van der Waals surface area contributed by atoms with Crippen molar-refractivity contribution in [2.24, 2.45) is 5.92 Å². The summed E-state index contributed by atoms with van der Waals surface area (Å²) in [5, 5.41) is 21.0. The molecule has 0 radical (unpaired) electrons. The predicted octanol–water partition coefficient (Wildman–Crippen LogP) is 6.41. The van der Waals surface area contributed by atoms with Crippen LogP contribution in [0.5, 0.6) is 17.2 Å². The van der Waals surface area contributed by atoms with Crippen LogP contribution in [-0.4, -0.2) is 34.7 Å². The van der Waals surface area contributed by atoms with Gasteiger partial charge in [-0.05, 0) is 73.2 Å². The van der Waals surface area contributed by atoms with Gasteiger partial charge in [-0.25, -0.2) is 9.59 Å². The van der Waals surface area contributed by atoms with E-state index in [-0.39, 0.29) is 29.1 Å². The summed E-state index contributed by atoms with van der Waals surface area (Å²) in [6.45, 7) is 0.736. The van der Waals surface area contributed by atoms with E-state index in [0.29, 0.717) is 23.8 Å². The van der Waals surface area contributed by atoms with Crippen LogP contribution in [0.25, 0.3) is 0 Å². The zero-order chi connectivity index (χ0) is 26.9. The predicted molar refractivity (Wildman–Crippen MR) is 142 cm³/mol. The number of hydrogen-bond acceptors (Lipinski definition) is 5. The van der Waals surface area contributed by atoms with Crippen LogP contribution in [0.1, 0.15) is 64.8 Å². The third-order valence-corrected chi connectivity index (χ3v) is 6.58. The number of ether oxygens (including phenoxy) is 2. The fraction of sp³-hybridized carbons (Fsp3) is 0.300. The molecule has 3 aromatic carbocycles. The van der Waals surface area contributed by atoms with Crippen molar-refractivity contribution in [3.63, 3.8) is 0 Å². The van der Waals surface area contributed by atoms with E-state index >= 15 is 0 Å². The van der Waals surface area contributed by atoms with Gasteiger partial charge in [0.25, 0.3) is 0 Å². The maximum absolute atomic E-state index is 12.4. The molecule has 38 heavy (non-hydrogen) atoms. The Kier molecular flexibility index (Phi) is 8.98. The summed E-state index contributed by atoms with van der Waals surface area (Å²) in [5.74, 6) is -0.251. The number of aryl methyl sites for hydroxylation is 1. The third-order valence-electron chi connectivity index (χ3n) is 6.58. The number of rotatable bonds is 11. The summed E-state index contributed by atoms with van der Waals surface area (Å²) >= 11 is 0. The number of carboxylic acids is 2. The van der Waals surface area contributed by atoms with Crippen LogP contribution in [0.4, 0.5) is 5.69 Å². The Morgan fingerprint density at radius 3 is 2.21 bits per heavy atom. The summed E-state index contributed by atoms with van der Waals surface area (Å²) < 4.78 is 12.0. The highest BCUT2D eigenvalue weighted by molar-refractivity contribution is 6.03. The third kappa shape index (κ3) is 7.59. The largest absolute Gasteiger partial charge is 0.493 e. The first-order valence-electron chi connectivity index (χ1n) is 12.8. The summed E-state index contributed by atoms with van der Waals surface area (Å²) in [6, 6.07) is 18.7. The molecule has 0 aromatic heterocycles. The summed E-state index contributed by atoms with van der Waals surface area (Å²) in [6.07, 6.45) is 7.00. The molecular weight excluding hydrogens is 486 g/mol. The number of carbonyl (C=O) groups is 3. The molecule has 1 saturated carbocycles. The van der Waals surface area contributed by atoms with Gasteiger partial charge in [0.15, 0.2) is 0 Å². The Morgan fingerprint density at radius 2 is 1.50 bits per heavy atom. The monoisotopic (exact) mass is 517 g/mol. The van der Waals surface area contributed by atoms with Gasteiger partial charge in [0.05, 0.1) is 17.7 Å². The van der Waals surface area contributed by atoms with Crippen LogP contribution in [0.3, 0.4) is 0 Å². The standard InChI is InChI=1S/C30H31NO7/c32-28(31-22-12-15-26(29(33)34)27(17-22)30(35)36)16-11-20-9-13-23(14-10-20)38-25-8-4-7-24(18-25)37-19-21-5-2-1-3-6-21/h4,7-10,12-15,17-18,21H,1-3,5-6,11,16,19H2,(H,31,32)(H,33,34)(H,35,36). The van der Waals surface area contributed by atoms with Crippen molar-refractivity contribution in [2.75, 3.05) is 11.9 Å². The second kappa shape index (κ2) is 12.8. The summed E-state index contributed by atoms with van der Waals surface area (Å²) in [4.78, 5) is 34.9. The van der Waals surface area contributed by atoms with E-state index in [9.17, 15) is 19.5 Å². The highest BCUT2D eigenvalue weighted by atomic mass is 16.5. The van der Waals surface area contributed by atoms with Gasteiger partial charge in [-0.1, -0.05) is 37.5 Å². The number of hydrogen-bond donors (Lipinski definition) is 3. The van der Waals surface area contributed by atoms with Crippen LogP contribution >= 0.6 is 0 Å². The molecular formula is C30H31NO7. The zero-order valence-corrected chi connectivity index (χ0v) is 21.0. The van der Waals surface area contributed by atoms with Crippen molar-refractivity contribution in [1.82, 2.24) is 0 Å². The Bertz CT molecular complexity index is 1280. The van der Waals surface area contributed by atoms with Crippen LogP contribution < -0.4 is 14.8 Å². The normalized spacial score (nSPS) is 13.5. The molecule has 8 nitrogen and oxygen atoms in total. The van der Waals surface area contributed by atoms with Gasteiger partial charge in [0, 0.05) is 18.2 Å². The lowest BCUT2D eigenvalue weighted by molar-refractivity contribution is -0.116. The minimum absolute atomic E-state index is 0.170. The van der Waals surface area contributed by atoms with Crippen molar-refractivity contribution in [3.05, 3.63) is 83.4 Å². The molecule has 1 fully saturated rings. The molecule has 1 aliphatic rings. The molecule has 0 atom stereocenters. The van der Waals surface area contributed by atoms with Gasteiger partial charge in [-0.2, -0.15) is 0 Å². The smallest absolute Gasteiger partial charge is 0.336 e. The number of amides is 1. The molecule has 1 amide bonds. The Balaban J connectivity index is 1.26. The number of anilines is 1. The van der Waals surface area contributed by atoms with Gasteiger partial charge >= 0.3 is 11.9 Å². The molecule has 3 aromatic rings. The highest BCUT2D eigenvalue weighted by Crippen LogP contribution is 2.28. The van der Waals surface area contributed by atoms with E-state index in [1.807, 2.05) is 48.5 Å². The molecule has 3 N–H and O–H groups in total. The average molecular weight is 518 g/mol. The number of carboxylic acid groups (broad SMARTS) is 2. The fourth-order valence-electron chi connectivity index (χ4n) is 4.52. The molecule has 0 unspecified atom stereocenters. The molecule has 4 rings (SSSR count). The molecule has 1 aliphatic carbocycles. The van der Waals surface area contributed by atoms with Crippen molar-refractivity contribution in [2.45, 2.75) is 44.9 Å². The van der Waals surface area contributed by atoms with E-state index in [2.05, 4.69) is 5.32 Å². The molecule has 8 heteroatoms. The SMILES string of the molecule is O=C(CCc1ccc(Oc2cccc(OCC3CCCCC3)c2)cc1)Nc1ccc(C(=O)O)c(C(=O)O)c1. The van der Waals surface area contributed by atoms with Crippen molar-refractivity contribution in [3.8, 4) is 17.2 Å². The first kappa shape index (κ1) is 26.7. The molecule has 0 aliphatic heterocycles. The quantitative estimate of drug-likeness (QED) is 0.269. The van der Waals surface area contributed by atoms with E-state index in [1.54, 1.807) is 0 Å². The fourth-order valence-corrected chi connectivity index (χ4v) is 4.52. The average Bonchev–Trinajstić information content (AvgIpc) is 2.92. The molecule has 0 saturated heterocycles. The van der Waals surface area contributed by atoms with E-state index < -0.39 is 11.9 Å². The maximum Gasteiger partial charge on any atom is 0.336 e. The van der Waals surface area contributed by atoms with Gasteiger partial charge in [-0.15, -0.1) is 0 Å². The van der Waals surface area contributed by atoms with Crippen LogP contribution in [0, 0.1) is 5.92 Å². The molecule has 198 valence electrons. The highest BCUT2D eigenvalue weighted by Gasteiger charge is 2.17. The second-order valence-corrected chi connectivity index (χ2v) is 9.45. The number of nitrogens with one attached hydrogen (secondary N) is 1. The molecule has 0 heterocycles. The Morgan fingerprint density at radius 1 is 0.789 bits per heavy atom. The lowest BCUT2D eigenvalue weighted by atomic mass is 9.90. The Labute approximate surface area is 221 Å². The maximum atomic E-state index is 12.4. The Hall–Kier alpha value is -4.33. The van der Waals surface area contributed by atoms with Gasteiger partial charge in [-0.3, -0.25) is 4.79 Å². The van der Waals surface area contributed by atoms with Crippen LogP contribution in [0.2, 0.25) is 0 Å². The lowest BCUT2D eigenvalue weighted by Crippen LogP contribution is -2.15. The topological polar surface area (TPSA) is 122 Å². The summed E-state index contributed by atoms with van der Waals surface area (Å²) in [7, 11) is 0. The molecule has 0 spiro atoms. The van der Waals surface area contributed by atoms with E-state index in [1.165, 1.54) is 44.2 Å². The van der Waals surface area contributed by atoms with Crippen LogP contribution in [0.15, 0.2) is 66.7 Å². The van der Waals surface area contributed by atoms with E-state index in [4.69, 9.17) is 14.6 Å². The van der Waals surface area contributed by atoms with Crippen molar-refractivity contribution >= 4 is 23.5 Å². The zero-order valence-electron chi connectivity index (χ0n) is 21.0. The van der Waals surface area contributed by atoms with Crippen LogP contribution in [-0.2, 0) is 11.2 Å². The van der Waals surface area contributed by atoms with E-state index in [0.717, 1.165) is 24.0 Å². The minimum Gasteiger partial charge on any atom is -0.493 e. The first-order valence-corrected chi connectivity index (χ1v) is 12.8. The number of aromatic carboxylic acids is 2. The minimum atomic E-state index is -1.38. The molecule has 0 bridgehead atoms. The summed E-state index contributed by atoms with van der Waals surface area (Å²) in [5.41, 5.74) is 0.444. The van der Waals surface area contributed by atoms with Gasteiger partial charge in [0.2, 0.25) is 5.91 Å². The number of benzene rings is 3. The van der Waals surface area contributed by atoms with Gasteiger partial charge in [0.1, 0.15) is 17.2 Å². The second-order valence-electron chi connectivity index (χ2n) is 9.45. The lowest BCUT2D eigenvalue weighted by Gasteiger charge is -2.21. The number of carbonyl (C=O) groups excluding carboxylic acids is 1. The van der Waals surface area contributed by atoms with Crippen molar-refractivity contribution < 1.29 is 34.1 Å². The first-order chi connectivity index (χ1) is 18.4. The van der Waals surface area contributed by atoms with Crippen molar-refractivity contribution in [1.29, 1.82) is 0 Å².